The number of amides is 2. The smallest absolute Gasteiger partial charge is 0.320 e. The number of hydrogen-bond donors (Lipinski definition) is 3. The summed E-state index contributed by atoms with van der Waals surface area (Å²) in [4.78, 5) is 15.7. The number of β-amino-alcohol motifs (C(OH)–C–C–N with tert-alkyl or cyclic N) is 1. The van der Waals surface area contributed by atoms with Gasteiger partial charge in [0.05, 0.1) is 29.2 Å². The normalized spacial score (nSPS) is 20.8. The fraction of sp³-hybridized carbons (Fsp3) is 0.562. The second-order valence-electron chi connectivity index (χ2n) is 6.52. The lowest BCUT2D eigenvalue weighted by molar-refractivity contribution is 0.0114. The molecule has 8 heteroatoms. The molecule has 1 atom stereocenters. The van der Waals surface area contributed by atoms with Gasteiger partial charge in [-0.05, 0) is 24.8 Å². The zero-order valence-corrected chi connectivity index (χ0v) is 14.7. The molecule has 1 aromatic rings. The van der Waals surface area contributed by atoms with Crippen LogP contribution in [0.5, 0.6) is 5.75 Å². The highest BCUT2D eigenvalue weighted by Crippen LogP contribution is 2.37. The van der Waals surface area contributed by atoms with Crippen molar-refractivity contribution in [3.63, 3.8) is 0 Å². The fourth-order valence-corrected chi connectivity index (χ4v) is 3.66. The minimum atomic E-state index is -0.391. The number of urea groups is 1. The summed E-state index contributed by atoms with van der Waals surface area (Å²) in [6.07, 6.45) is 1.11. The number of phenolic OH excluding ortho intramolecular Hbond substituents is 1. The topological polar surface area (TPSA) is 90.0 Å². The fourth-order valence-electron chi connectivity index (χ4n) is 3.33. The number of likely N-dealkylation sites (tertiary alicyclic amines) is 2. The number of carbonyl (C=O) groups excluding carboxylic acids is 1. The predicted octanol–water partition coefficient (Wildman–Crippen LogP) is 2.21. The minimum absolute atomic E-state index is 0.0234. The zero-order valence-electron chi connectivity index (χ0n) is 13.2. The molecule has 132 valence electrons. The Kier molecular flexibility index (Phi) is 5.11. The molecule has 0 aliphatic carbocycles. The minimum Gasteiger partial charge on any atom is -0.508 e. The van der Waals surface area contributed by atoms with Crippen LogP contribution in [0.1, 0.15) is 24.4 Å². The van der Waals surface area contributed by atoms with E-state index in [1.807, 2.05) is 0 Å². The van der Waals surface area contributed by atoms with Crippen LogP contribution < -0.4 is 5.73 Å². The molecule has 2 aliphatic heterocycles. The summed E-state index contributed by atoms with van der Waals surface area (Å²) in [5.74, 6) is 0.198. The molecule has 1 aromatic carbocycles. The van der Waals surface area contributed by atoms with Crippen LogP contribution in [0.15, 0.2) is 12.1 Å². The van der Waals surface area contributed by atoms with Crippen molar-refractivity contribution < 1.29 is 15.0 Å². The van der Waals surface area contributed by atoms with Crippen LogP contribution in [-0.2, 0) is 0 Å². The Bertz CT molecular complexity index is 629. The number of phenols is 1. The number of benzene rings is 1. The van der Waals surface area contributed by atoms with Crippen molar-refractivity contribution in [2.75, 3.05) is 26.2 Å². The maximum atomic E-state index is 12.2. The van der Waals surface area contributed by atoms with Crippen molar-refractivity contribution in [2.24, 2.45) is 11.7 Å². The Hall–Kier alpha value is -1.21. The Morgan fingerprint density at radius 1 is 1.17 bits per heavy atom. The number of hydrogen-bond acceptors (Lipinski definition) is 4. The van der Waals surface area contributed by atoms with E-state index in [1.54, 1.807) is 15.9 Å². The van der Waals surface area contributed by atoms with Gasteiger partial charge in [-0.1, -0.05) is 23.2 Å². The van der Waals surface area contributed by atoms with Crippen molar-refractivity contribution in [3.8, 4) is 5.75 Å². The summed E-state index contributed by atoms with van der Waals surface area (Å²) in [6.45, 7) is 2.06. The average molecular weight is 374 g/mol. The third-order valence-corrected chi connectivity index (χ3v) is 5.60. The van der Waals surface area contributed by atoms with Gasteiger partial charge in [-0.3, -0.25) is 0 Å². The van der Waals surface area contributed by atoms with E-state index in [9.17, 15) is 15.0 Å². The Morgan fingerprint density at radius 2 is 1.75 bits per heavy atom. The predicted molar refractivity (Wildman–Crippen MR) is 92.3 cm³/mol. The van der Waals surface area contributed by atoms with Gasteiger partial charge in [0.2, 0.25) is 0 Å². The molecule has 0 saturated carbocycles. The number of nitrogens with two attached hydrogens (primary N) is 1. The first-order chi connectivity index (χ1) is 11.4. The van der Waals surface area contributed by atoms with Gasteiger partial charge in [0.25, 0.3) is 0 Å². The summed E-state index contributed by atoms with van der Waals surface area (Å²) >= 11 is 11.9. The lowest BCUT2D eigenvalue weighted by Gasteiger charge is -2.42. The molecule has 0 unspecified atom stereocenters. The molecular formula is C16H21Cl2N3O3. The second-order valence-corrected chi connectivity index (χ2v) is 7.33. The summed E-state index contributed by atoms with van der Waals surface area (Å²) in [5, 5.41) is 20.0. The van der Waals surface area contributed by atoms with Gasteiger partial charge in [-0.15, -0.1) is 0 Å². The van der Waals surface area contributed by atoms with Gasteiger partial charge in [0.1, 0.15) is 5.75 Å². The number of nitrogens with zero attached hydrogens (tertiary/aromatic N) is 2. The Labute approximate surface area is 150 Å². The molecule has 2 saturated heterocycles. The van der Waals surface area contributed by atoms with Crippen LogP contribution in [0.3, 0.4) is 0 Å². The third-order valence-electron chi connectivity index (χ3n) is 4.88. The molecule has 0 aromatic heterocycles. The van der Waals surface area contributed by atoms with E-state index in [0.717, 1.165) is 12.8 Å². The van der Waals surface area contributed by atoms with E-state index >= 15 is 0 Å². The largest absolute Gasteiger partial charge is 0.508 e. The van der Waals surface area contributed by atoms with Crippen molar-refractivity contribution in [1.82, 2.24) is 9.80 Å². The van der Waals surface area contributed by atoms with Crippen molar-refractivity contribution in [2.45, 2.75) is 25.0 Å². The molecule has 24 heavy (non-hydrogen) atoms. The number of aliphatic hydroxyl groups is 1. The quantitative estimate of drug-likeness (QED) is 0.741. The highest BCUT2D eigenvalue weighted by molar-refractivity contribution is 6.42. The lowest BCUT2D eigenvalue weighted by atomic mass is 9.85. The van der Waals surface area contributed by atoms with E-state index in [0.29, 0.717) is 41.8 Å². The van der Waals surface area contributed by atoms with Crippen molar-refractivity contribution in [1.29, 1.82) is 0 Å². The Morgan fingerprint density at radius 3 is 2.33 bits per heavy atom. The number of piperidine rings is 1. The molecule has 3 rings (SSSR count). The highest BCUT2D eigenvalue weighted by Gasteiger charge is 2.35. The number of aromatic hydroxyl groups is 1. The van der Waals surface area contributed by atoms with Crippen LogP contribution >= 0.6 is 23.2 Å². The molecule has 0 bridgehead atoms. The van der Waals surface area contributed by atoms with Gasteiger partial charge in [0, 0.05) is 30.8 Å². The van der Waals surface area contributed by atoms with Gasteiger partial charge < -0.3 is 25.7 Å². The SMILES string of the molecule is N[C@@H](c1cc(Cl)c(Cl)cc1O)C1CCN(C(=O)N2CC(O)C2)CC1. The molecule has 2 heterocycles. The number of carbonyl (C=O) groups is 1. The summed E-state index contributed by atoms with van der Waals surface area (Å²) in [6, 6.07) is 2.64. The van der Waals surface area contributed by atoms with E-state index in [2.05, 4.69) is 0 Å². The van der Waals surface area contributed by atoms with Crippen LogP contribution in [0.25, 0.3) is 0 Å². The monoisotopic (exact) mass is 373 g/mol. The number of halogens is 2. The molecule has 2 amide bonds. The highest BCUT2D eigenvalue weighted by atomic mass is 35.5. The van der Waals surface area contributed by atoms with Crippen LogP contribution in [0.4, 0.5) is 4.79 Å². The first-order valence-corrected chi connectivity index (χ1v) is 8.77. The molecule has 2 aliphatic rings. The lowest BCUT2D eigenvalue weighted by Crippen LogP contribution is -2.58. The van der Waals surface area contributed by atoms with Gasteiger partial charge >= 0.3 is 6.03 Å². The molecule has 0 radical (unpaired) electrons. The molecule has 6 nitrogen and oxygen atoms in total. The van der Waals surface area contributed by atoms with Crippen LogP contribution in [0.2, 0.25) is 10.0 Å². The average Bonchev–Trinajstić information content (AvgIpc) is 2.54. The van der Waals surface area contributed by atoms with Crippen LogP contribution in [0, 0.1) is 5.92 Å². The maximum absolute atomic E-state index is 12.2. The Balaban J connectivity index is 1.60. The maximum Gasteiger partial charge on any atom is 0.320 e. The first-order valence-electron chi connectivity index (χ1n) is 8.02. The van der Waals surface area contributed by atoms with Gasteiger partial charge in [0.15, 0.2) is 0 Å². The molecular weight excluding hydrogens is 353 g/mol. The molecule has 2 fully saturated rings. The second kappa shape index (κ2) is 6.96. The van der Waals surface area contributed by atoms with E-state index in [1.165, 1.54) is 6.07 Å². The summed E-state index contributed by atoms with van der Waals surface area (Å²) in [7, 11) is 0. The van der Waals surface area contributed by atoms with E-state index < -0.39 is 6.10 Å². The van der Waals surface area contributed by atoms with Gasteiger partial charge in [-0.25, -0.2) is 4.79 Å². The molecule has 0 spiro atoms. The zero-order chi connectivity index (χ0) is 17.4. The van der Waals surface area contributed by atoms with Gasteiger partial charge in [-0.2, -0.15) is 0 Å². The van der Waals surface area contributed by atoms with E-state index in [-0.39, 0.29) is 23.7 Å². The third kappa shape index (κ3) is 3.42. The van der Waals surface area contributed by atoms with Crippen molar-refractivity contribution >= 4 is 29.2 Å². The number of rotatable bonds is 2. The van der Waals surface area contributed by atoms with E-state index in [4.69, 9.17) is 28.9 Å². The standard InChI is InChI=1S/C16H21Cl2N3O3/c17-12-5-11(14(23)6-13(12)18)15(19)9-1-3-20(4-2-9)16(24)21-7-10(22)8-21/h5-6,9-10,15,22-23H,1-4,7-8,19H2/t15-/m1/s1. The molecule has 4 N–H and O–H groups in total. The summed E-state index contributed by atoms with van der Waals surface area (Å²) in [5.41, 5.74) is 6.90. The number of aliphatic hydroxyl groups excluding tert-OH is 1. The first kappa shape index (κ1) is 17.6. The van der Waals surface area contributed by atoms with Crippen LogP contribution in [-0.4, -0.2) is 58.3 Å². The summed E-state index contributed by atoms with van der Waals surface area (Å²) < 4.78 is 0. The van der Waals surface area contributed by atoms with Crippen molar-refractivity contribution in [3.05, 3.63) is 27.7 Å².